The van der Waals surface area contributed by atoms with E-state index in [0.29, 0.717) is 17.9 Å². The van der Waals surface area contributed by atoms with Crippen molar-refractivity contribution in [2.45, 2.75) is 20.4 Å². The lowest BCUT2D eigenvalue weighted by atomic mass is 10.1. The molecule has 0 aliphatic rings. The normalized spacial score (nSPS) is 10.9. The van der Waals surface area contributed by atoms with E-state index < -0.39 is 5.91 Å². The Morgan fingerprint density at radius 1 is 1.14 bits per heavy atom. The SMILES string of the molecule is Cc1ccc(NC(=O)c2nc(-c3cn(Cc4ccc(F)cc4)nn3)no2)cc1C. The average molecular weight is 392 g/mol. The van der Waals surface area contributed by atoms with Gasteiger partial charge in [-0.3, -0.25) is 4.79 Å². The molecule has 0 aliphatic heterocycles. The zero-order valence-electron chi connectivity index (χ0n) is 15.8. The van der Waals surface area contributed by atoms with Crippen LogP contribution in [-0.2, 0) is 6.54 Å². The fourth-order valence-corrected chi connectivity index (χ4v) is 2.68. The summed E-state index contributed by atoms with van der Waals surface area (Å²) in [5.74, 6) is -0.830. The summed E-state index contributed by atoms with van der Waals surface area (Å²) in [5, 5.41) is 14.5. The lowest BCUT2D eigenvalue weighted by molar-refractivity contribution is 0.0981. The Bertz CT molecular complexity index is 1170. The first-order chi connectivity index (χ1) is 14.0. The van der Waals surface area contributed by atoms with E-state index in [9.17, 15) is 9.18 Å². The second kappa shape index (κ2) is 7.63. The first-order valence-corrected chi connectivity index (χ1v) is 8.85. The van der Waals surface area contributed by atoms with Crippen molar-refractivity contribution in [2.24, 2.45) is 0 Å². The minimum absolute atomic E-state index is 0.153. The summed E-state index contributed by atoms with van der Waals surface area (Å²) in [6.07, 6.45) is 1.62. The van der Waals surface area contributed by atoms with Crippen LogP contribution in [0.2, 0.25) is 0 Å². The average Bonchev–Trinajstić information content (AvgIpc) is 3.36. The lowest BCUT2D eigenvalue weighted by Crippen LogP contribution is -2.12. The second-order valence-electron chi connectivity index (χ2n) is 6.60. The van der Waals surface area contributed by atoms with E-state index in [1.807, 2.05) is 26.0 Å². The maximum absolute atomic E-state index is 13.0. The quantitative estimate of drug-likeness (QED) is 0.559. The molecule has 0 unspecified atom stereocenters. The maximum atomic E-state index is 13.0. The Morgan fingerprint density at radius 2 is 1.93 bits per heavy atom. The Labute approximate surface area is 165 Å². The van der Waals surface area contributed by atoms with Crippen LogP contribution in [0, 0.1) is 19.7 Å². The van der Waals surface area contributed by atoms with Crippen molar-refractivity contribution in [1.82, 2.24) is 25.1 Å². The van der Waals surface area contributed by atoms with Crippen molar-refractivity contribution >= 4 is 11.6 Å². The predicted octanol–water partition coefficient (Wildman–Crippen LogP) is 3.38. The van der Waals surface area contributed by atoms with E-state index in [1.54, 1.807) is 29.1 Å². The van der Waals surface area contributed by atoms with Crippen molar-refractivity contribution in [3.05, 3.63) is 77.1 Å². The number of rotatable bonds is 5. The van der Waals surface area contributed by atoms with Gasteiger partial charge in [-0.25, -0.2) is 9.07 Å². The van der Waals surface area contributed by atoms with Crippen molar-refractivity contribution in [3.63, 3.8) is 0 Å². The van der Waals surface area contributed by atoms with Gasteiger partial charge in [0.15, 0.2) is 5.69 Å². The van der Waals surface area contributed by atoms with Gasteiger partial charge in [0.25, 0.3) is 0 Å². The fraction of sp³-hybridized carbons (Fsp3) is 0.150. The molecule has 0 fully saturated rings. The molecule has 1 amide bonds. The Hall–Kier alpha value is -3.88. The van der Waals surface area contributed by atoms with Gasteiger partial charge in [0.1, 0.15) is 5.82 Å². The van der Waals surface area contributed by atoms with E-state index in [2.05, 4.69) is 25.8 Å². The van der Waals surface area contributed by atoms with Crippen LogP contribution >= 0.6 is 0 Å². The van der Waals surface area contributed by atoms with Crippen molar-refractivity contribution in [1.29, 1.82) is 0 Å². The highest BCUT2D eigenvalue weighted by Gasteiger charge is 2.18. The van der Waals surface area contributed by atoms with Gasteiger partial charge in [0.2, 0.25) is 5.82 Å². The highest BCUT2D eigenvalue weighted by atomic mass is 19.1. The summed E-state index contributed by atoms with van der Waals surface area (Å²) >= 11 is 0. The lowest BCUT2D eigenvalue weighted by Gasteiger charge is -2.05. The molecule has 4 aromatic rings. The molecule has 0 bridgehead atoms. The van der Waals surface area contributed by atoms with Gasteiger partial charge in [0.05, 0.1) is 12.7 Å². The Kier molecular flexibility index (Phi) is 4.86. The summed E-state index contributed by atoms with van der Waals surface area (Å²) in [4.78, 5) is 16.4. The largest absolute Gasteiger partial charge is 0.328 e. The molecule has 2 aromatic heterocycles. The molecule has 0 saturated carbocycles. The number of aryl methyl sites for hydroxylation is 2. The molecular weight excluding hydrogens is 375 g/mol. The van der Waals surface area contributed by atoms with Crippen molar-refractivity contribution in [2.75, 3.05) is 5.32 Å². The van der Waals surface area contributed by atoms with E-state index in [0.717, 1.165) is 16.7 Å². The third kappa shape index (κ3) is 4.18. The van der Waals surface area contributed by atoms with Gasteiger partial charge in [0, 0.05) is 5.69 Å². The number of hydrogen-bond acceptors (Lipinski definition) is 6. The number of amides is 1. The smallest absolute Gasteiger partial charge is 0.316 e. The molecule has 1 N–H and O–H groups in total. The number of aromatic nitrogens is 5. The molecule has 8 nitrogen and oxygen atoms in total. The van der Waals surface area contributed by atoms with Crippen LogP contribution in [0.25, 0.3) is 11.5 Å². The molecule has 2 aromatic carbocycles. The summed E-state index contributed by atoms with van der Waals surface area (Å²) < 4.78 is 19.6. The number of halogens is 1. The van der Waals surface area contributed by atoms with Crippen LogP contribution in [0.15, 0.2) is 53.2 Å². The number of anilines is 1. The summed E-state index contributed by atoms with van der Waals surface area (Å²) in [7, 11) is 0. The number of nitrogens with zero attached hydrogens (tertiary/aromatic N) is 5. The maximum Gasteiger partial charge on any atom is 0.316 e. The highest BCUT2D eigenvalue weighted by Crippen LogP contribution is 2.17. The van der Waals surface area contributed by atoms with Gasteiger partial charge < -0.3 is 9.84 Å². The standard InChI is InChI=1S/C20H17FN6O2/c1-12-3-8-16(9-13(12)2)22-19(28)20-23-18(25-29-20)17-11-27(26-24-17)10-14-4-6-15(21)7-5-14/h3-9,11H,10H2,1-2H3,(H,22,28). The number of carbonyl (C=O) groups is 1. The van der Waals surface area contributed by atoms with Gasteiger partial charge in [-0.05, 0) is 54.8 Å². The Balaban J connectivity index is 1.46. The monoisotopic (exact) mass is 392 g/mol. The third-order valence-corrected chi connectivity index (χ3v) is 4.41. The van der Waals surface area contributed by atoms with Crippen LogP contribution < -0.4 is 5.32 Å². The van der Waals surface area contributed by atoms with Gasteiger partial charge in [-0.15, -0.1) is 5.10 Å². The van der Waals surface area contributed by atoms with Crippen LogP contribution in [0.3, 0.4) is 0 Å². The van der Waals surface area contributed by atoms with Crippen molar-refractivity contribution in [3.8, 4) is 11.5 Å². The molecular formula is C20H17FN6O2. The molecule has 4 rings (SSSR count). The second-order valence-corrected chi connectivity index (χ2v) is 6.60. The van der Waals surface area contributed by atoms with E-state index in [-0.39, 0.29) is 17.5 Å². The van der Waals surface area contributed by atoms with Crippen LogP contribution in [0.4, 0.5) is 10.1 Å². The third-order valence-electron chi connectivity index (χ3n) is 4.41. The van der Waals surface area contributed by atoms with E-state index in [1.165, 1.54) is 12.1 Å². The minimum Gasteiger partial charge on any atom is -0.328 e. The first-order valence-electron chi connectivity index (χ1n) is 8.85. The molecule has 146 valence electrons. The zero-order valence-corrected chi connectivity index (χ0v) is 15.8. The first kappa shape index (κ1) is 18.5. The zero-order chi connectivity index (χ0) is 20.4. The molecule has 0 aliphatic carbocycles. The topological polar surface area (TPSA) is 98.7 Å². The Morgan fingerprint density at radius 3 is 2.69 bits per heavy atom. The minimum atomic E-state index is -0.509. The predicted molar refractivity (Wildman–Crippen MR) is 103 cm³/mol. The molecule has 0 atom stereocenters. The van der Waals surface area contributed by atoms with Gasteiger partial charge in [-0.2, -0.15) is 4.98 Å². The molecule has 0 spiro atoms. The van der Waals surface area contributed by atoms with Gasteiger partial charge in [-0.1, -0.05) is 28.6 Å². The van der Waals surface area contributed by atoms with Crippen molar-refractivity contribution < 1.29 is 13.7 Å². The van der Waals surface area contributed by atoms with E-state index >= 15 is 0 Å². The van der Waals surface area contributed by atoms with Gasteiger partial charge >= 0.3 is 11.8 Å². The number of hydrogen-bond donors (Lipinski definition) is 1. The molecule has 9 heteroatoms. The summed E-state index contributed by atoms with van der Waals surface area (Å²) in [5.41, 5.74) is 4.06. The van der Waals surface area contributed by atoms with Crippen LogP contribution in [-0.4, -0.2) is 31.0 Å². The molecule has 2 heterocycles. The van der Waals surface area contributed by atoms with Crippen LogP contribution in [0.5, 0.6) is 0 Å². The molecule has 0 saturated heterocycles. The number of carbonyl (C=O) groups excluding carboxylic acids is 1. The highest BCUT2D eigenvalue weighted by molar-refractivity contribution is 6.01. The van der Waals surface area contributed by atoms with E-state index in [4.69, 9.17) is 4.52 Å². The molecule has 29 heavy (non-hydrogen) atoms. The number of nitrogens with one attached hydrogen (secondary N) is 1. The molecule has 0 radical (unpaired) electrons. The summed E-state index contributed by atoms with van der Waals surface area (Å²) in [6.45, 7) is 4.37. The van der Waals surface area contributed by atoms with Crippen LogP contribution in [0.1, 0.15) is 27.4 Å². The number of benzene rings is 2. The fourth-order valence-electron chi connectivity index (χ4n) is 2.68. The summed E-state index contributed by atoms with van der Waals surface area (Å²) in [6, 6.07) is 11.7.